The first kappa shape index (κ1) is 16.8. The highest BCUT2D eigenvalue weighted by molar-refractivity contribution is 6.33. The number of benzene rings is 1. The molecule has 1 aliphatic heterocycles. The van der Waals surface area contributed by atoms with Crippen LogP contribution in [0.1, 0.15) is 11.1 Å². The maximum atomic E-state index is 12.7. The lowest BCUT2D eigenvalue weighted by atomic mass is 9.95. The van der Waals surface area contributed by atoms with Gasteiger partial charge in [0.05, 0.1) is 10.7 Å². The molecular formula is C17H14ClF3N2O. The third-order valence-corrected chi connectivity index (χ3v) is 4.41. The Morgan fingerprint density at radius 3 is 2.54 bits per heavy atom. The molecule has 0 unspecified atom stereocenters. The quantitative estimate of drug-likeness (QED) is 0.778. The van der Waals surface area contributed by atoms with E-state index in [0.717, 1.165) is 21.6 Å². The minimum atomic E-state index is -4.85. The van der Waals surface area contributed by atoms with E-state index in [4.69, 9.17) is 11.6 Å². The smallest absolute Gasteiger partial charge is 0.334 e. The predicted molar refractivity (Wildman–Crippen MR) is 84.7 cm³/mol. The maximum absolute atomic E-state index is 12.7. The summed E-state index contributed by atoms with van der Waals surface area (Å²) in [4.78, 5) is 16.7. The van der Waals surface area contributed by atoms with Gasteiger partial charge in [-0.25, -0.2) is 0 Å². The molecule has 0 aliphatic carbocycles. The Hall–Kier alpha value is -2.08. The van der Waals surface area contributed by atoms with Crippen LogP contribution in [0.4, 0.5) is 13.2 Å². The molecule has 126 valence electrons. The number of carbonyl (C=O) groups excluding carboxylic acids is 1. The Morgan fingerprint density at radius 1 is 1.12 bits per heavy atom. The summed E-state index contributed by atoms with van der Waals surface area (Å²) in [6.45, 7) is 0.0418. The van der Waals surface area contributed by atoms with E-state index in [0.29, 0.717) is 23.6 Å². The zero-order valence-corrected chi connectivity index (χ0v) is 13.4. The van der Waals surface area contributed by atoms with Crippen molar-refractivity contribution in [2.75, 3.05) is 13.1 Å². The van der Waals surface area contributed by atoms with Crippen molar-refractivity contribution in [2.24, 2.45) is 0 Å². The SMILES string of the molecule is O=C(N1CCc2ccc(Cl)c(-c3ccccn3)c2CC1)C(F)(F)F. The lowest BCUT2D eigenvalue weighted by Gasteiger charge is -2.21. The number of aromatic nitrogens is 1. The monoisotopic (exact) mass is 354 g/mol. The minimum Gasteiger partial charge on any atom is -0.334 e. The average molecular weight is 355 g/mol. The highest BCUT2D eigenvalue weighted by atomic mass is 35.5. The van der Waals surface area contributed by atoms with E-state index in [9.17, 15) is 18.0 Å². The van der Waals surface area contributed by atoms with Crippen LogP contribution >= 0.6 is 11.6 Å². The molecule has 0 fully saturated rings. The summed E-state index contributed by atoms with van der Waals surface area (Å²) in [5, 5.41) is 0.503. The van der Waals surface area contributed by atoms with Gasteiger partial charge in [0.1, 0.15) is 0 Å². The summed E-state index contributed by atoms with van der Waals surface area (Å²) in [6, 6.07) is 8.96. The summed E-state index contributed by atoms with van der Waals surface area (Å²) >= 11 is 6.32. The third kappa shape index (κ3) is 3.24. The fraction of sp³-hybridized carbons (Fsp3) is 0.294. The molecule has 3 nitrogen and oxygen atoms in total. The van der Waals surface area contributed by atoms with Crippen LogP contribution in [0.2, 0.25) is 5.02 Å². The highest BCUT2D eigenvalue weighted by Gasteiger charge is 2.42. The number of halogens is 4. The lowest BCUT2D eigenvalue weighted by molar-refractivity contribution is -0.185. The van der Waals surface area contributed by atoms with Crippen LogP contribution in [0.5, 0.6) is 0 Å². The maximum Gasteiger partial charge on any atom is 0.471 e. The average Bonchev–Trinajstić information content (AvgIpc) is 2.76. The van der Waals surface area contributed by atoms with Gasteiger partial charge in [-0.2, -0.15) is 13.2 Å². The highest BCUT2D eigenvalue weighted by Crippen LogP contribution is 2.34. The summed E-state index contributed by atoms with van der Waals surface area (Å²) in [6.07, 6.45) is -2.54. The molecule has 0 saturated carbocycles. The molecule has 1 aromatic carbocycles. The van der Waals surface area contributed by atoms with Crippen molar-refractivity contribution in [2.45, 2.75) is 19.0 Å². The number of rotatable bonds is 1. The van der Waals surface area contributed by atoms with Crippen molar-refractivity contribution >= 4 is 17.5 Å². The second kappa shape index (κ2) is 6.43. The molecule has 0 spiro atoms. The topological polar surface area (TPSA) is 33.2 Å². The van der Waals surface area contributed by atoms with Gasteiger partial charge in [0.25, 0.3) is 0 Å². The molecule has 0 bridgehead atoms. The number of hydrogen-bond acceptors (Lipinski definition) is 2. The first-order valence-electron chi connectivity index (χ1n) is 7.45. The van der Waals surface area contributed by atoms with E-state index in [2.05, 4.69) is 4.98 Å². The number of carbonyl (C=O) groups is 1. The number of alkyl halides is 3. The van der Waals surface area contributed by atoms with Crippen LogP contribution in [-0.2, 0) is 17.6 Å². The summed E-state index contributed by atoms with van der Waals surface area (Å²) in [5.74, 6) is -1.79. The molecule has 24 heavy (non-hydrogen) atoms. The van der Waals surface area contributed by atoms with Gasteiger partial charge < -0.3 is 4.90 Å². The molecule has 0 saturated heterocycles. The van der Waals surface area contributed by atoms with Crippen molar-refractivity contribution < 1.29 is 18.0 Å². The zero-order chi connectivity index (χ0) is 17.3. The van der Waals surface area contributed by atoms with Crippen LogP contribution in [0.25, 0.3) is 11.3 Å². The summed E-state index contributed by atoms with van der Waals surface area (Å²) < 4.78 is 38.0. The van der Waals surface area contributed by atoms with Crippen molar-refractivity contribution in [1.29, 1.82) is 0 Å². The predicted octanol–water partition coefficient (Wildman–Crippen LogP) is 3.89. The van der Waals surface area contributed by atoms with Crippen molar-refractivity contribution in [3.8, 4) is 11.3 Å². The molecule has 1 aromatic heterocycles. The molecule has 0 radical (unpaired) electrons. The number of amides is 1. The third-order valence-electron chi connectivity index (χ3n) is 4.09. The zero-order valence-electron chi connectivity index (χ0n) is 12.6. The number of fused-ring (bicyclic) bond motifs is 1. The van der Waals surface area contributed by atoms with Crippen LogP contribution < -0.4 is 0 Å². The molecule has 0 atom stereocenters. The first-order chi connectivity index (χ1) is 11.4. The Kier molecular flexibility index (Phi) is 4.49. The summed E-state index contributed by atoms with van der Waals surface area (Å²) in [7, 11) is 0. The number of pyridine rings is 1. The molecule has 3 rings (SSSR count). The van der Waals surface area contributed by atoms with E-state index < -0.39 is 12.1 Å². The standard InChI is InChI=1S/C17H14ClF3N2O/c18-13-5-4-11-6-9-23(16(24)17(19,20)21)10-7-12(11)15(13)14-3-1-2-8-22-14/h1-5,8H,6-7,9-10H2. The van der Waals surface area contributed by atoms with Crippen molar-refractivity contribution in [1.82, 2.24) is 9.88 Å². The largest absolute Gasteiger partial charge is 0.471 e. The molecule has 1 amide bonds. The number of nitrogens with zero attached hydrogens (tertiary/aromatic N) is 2. The van der Waals surface area contributed by atoms with Gasteiger partial charge in [-0.1, -0.05) is 23.7 Å². The van der Waals surface area contributed by atoms with E-state index in [-0.39, 0.29) is 13.1 Å². The molecule has 2 aromatic rings. The van der Waals surface area contributed by atoms with Crippen LogP contribution in [0, 0.1) is 0 Å². The van der Waals surface area contributed by atoms with Crippen LogP contribution in [0.15, 0.2) is 36.5 Å². The minimum absolute atomic E-state index is 0.00548. The molecule has 1 aliphatic rings. The van der Waals surface area contributed by atoms with E-state index in [1.807, 2.05) is 18.2 Å². The van der Waals surface area contributed by atoms with Gasteiger partial charge in [-0.05, 0) is 42.2 Å². The van der Waals surface area contributed by atoms with E-state index in [1.54, 1.807) is 18.3 Å². The van der Waals surface area contributed by atoms with Crippen molar-refractivity contribution in [3.63, 3.8) is 0 Å². The summed E-state index contributed by atoms with van der Waals surface area (Å²) in [5.41, 5.74) is 3.17. The van der Waals surface area contributed by atoms with Gasteiger partial charge in [-0.3, -0.25) is 9.78 Å². The first-order valence-corrected chi connectivity index (χ1v) is 7.83. The Bertz CT molecular complexity index is 762. The van der Waals surface area contributed by atoms with Crippen LogP contribution in [0.3, 0.4) is 0 Å². The normalized spacial score (nSPS) is 14.9. The Labute approximate surface area is 142 Å². The second-order valence-electron chi connectivity index (χ2n) is 5.57. The fourth-order valence-electron chi connectivity index (χ4n) is 2.97. The fourth-order valence-corrected chi connectivity index (χ4v) is 3.24. The molecule has 2 heterocycles. The second-order valence-corrected chi connectivity index (χ2v) is 5.97. The van der Waals surface area contributed by atoms with E-state index in [1.165, 1.54) is 0 Å². The van der Waals surface area contributed by atoms with Gasteiger partial charge in [-0.15, -0.1) is 0 Å². The lowest BCUT2D eigenvalue weighted by Crippen LogP contribution is -2.42. The van der Waals surface area contributed by atoms with Gasteiger partial charge in [0, 0.05) is 24.8 Å². The van der Waals surface area contributed by atoms with Gasteiger partial charge >= 0.3 is 12.1 Å². The number of hydrogen-bond donors (Lipinski definition) is 0. The van der Waals surface area contributed by atoms with Crippen molar-refractivity contribution in [3.05, 3.63) is 52.7 Å². The molecular weight excluding hydrogens is 341 g/mol. The Morgan fingerprint density at radius 2 is 1.88 bits per heavy atom. The van der Waals surface area contributed by atoms with E-state index >= 15 is 0 Å². The van der Waals surface area contributed by atoms with Gasteiger partial charge in [0.2, 0.25) is 0 Å². The van der Waals surface area contributed by atoms with Gasteiger partial charge in [0.15, 0.2) is 0 Å². The van der Waals surface area contributed by atoms with Crippen LogP contribution in [-0.4, -0.2) is 35.1 Å². The molecule has 7 heteroatoms. The Balaban J connectivity index is 1.97. The molecule has 0 N–H and O–H groups in total.